The summed E-state index contributed by atoms with van der Waals surface area (Å²) in [5.74, 6) is 0.801. The van der Waals surface area contributed by atoms with Crippen LogP contribution in [0.25, 0.3) is 0 Å². The van der Waals surface area contributed by atoms with Crippen molar-refractivity contribution in [1.29, 1.82) is 0 Å². The molecule has 1 aromatic carbocycles. The van der Waals surface area contributed by atoms with Crippen LogP contribution in [0.2, 0.25) is 0 Å². The lowest BCUT2D eigenvalue weighted by Gasteiger charge is -2.28. The van der Waals surface area contributed by atoms with E-state index in [4.69, 9.17) is 0 Å². The molecule has 0 aliphatic carbocycles. The summed E-state index contributed by atoms with van der Waals surface area (Å²) in [5.41, 5.74) is 1.51. The Morgan fingerprint density at radius 1 is 1.39 bits per heavy atom. The van der Waals surface area contributed by atoms with Crippen molar-refractivity contribution < 1.29 is 9.31 Å². The Kier molecular flexibility index (Phi) is 3.98. The van der Waals surface area contributed by atoms with Gasteiger partial charge in [0, 0.05) is 12.1 Å². The van der Waals surface area contributed by atoms with Crippen LogP contribution < -0.4 is 4.90 Å². The summed E-state index contributed by atoms with van der Waals surface area (Å²) in [6.45, 7) is 4.64. The summed E-state index contributed by atoms with van der Waals surface area (Å²) in [5, 5.41) is 10.9. The number of aromatic nitrogens is 1. The first-order chi connectivity index (χ1) is 11.0. The van der Waals surface area contributed by atoms with Crippen LogP contribution in [0.4, 0.5) is 15.9 Å². The van der Waals surface area contributed by atoms with Gasteiger partial charge in [-0.3, -0.25) is 10.1 Å². The van der Waals surface area contributed by atoms with Gasteiger partial charge in [-0.2, -0.15) is 0 Å². The first kappa shape index (κ1) is 15.4. The predicted molar refractivity (Wildman–Crippen MR) is 85.9 cm³/mol. The largest absolute Gasteiger partial charge is 0.349 e. The first-order valence-corrected chi connectivity index (χ1v) is 7.60. The second kappa shape index (κ2) is 5.95. The molecule has 5 nitrogen and oxygen atoms in total. The minimum atomic E-state index is -0.428. The Labute approximate surface area is 133 Å². The standard InChI is InChI=1S/C17H18FN3O2/c1-11-6-7-20(17(11)13-4-3-5-14(18)9-13)16-8-12(2)15(10-19-16)21(22)23/h3-5,8-11,17H,6-7H2,1-2H3. The van der Waals surface area contributed by atoms with E-state index in [1.807, 2.05) is 6.07 Å². The summed E-state index contributed by atoms with van der Waals surface area (Å²) in [7, 11) is 0. The number of halogens is 1. The fourth-order valence-electron chi connectivity index (χ4n) is 3.29. The van der Waals surface area contributed by atoms with E-state index in [1.165, 1.54) is 12.3 Å². The van der Waals surface area contributed by atoms with E-state index in [1.54, 1.807) is 25.1 Å². The molecule has 0 bridgehead atoms. The predicted octanol–water partition coefficient (Wildman–Crippen LogP) is 4.02. The number of anilines is 1. The van der Waals surface area contributed by atoms with Gasteiger partial charge >= 0.3 is 0 Å². The van der Waals surface area contributed by atoms with Crippen molar-refractivity contribution in [1.82, 2.24) is 4.98 Å². The van der Waals surface area contributed by atoms with Crippen LogP contribution in [-0.4, -0.2) is 16.5 Å². The Morgan fingerprint density at radius 2 is 2.17 bits per heavy atom. The van der Waals surface area contributed by atoms with Gasteiger partial charge in [-0.25, -0.2) is 9.37 Å². The SMILES string of the molecule is Cc1cc(N2CCC(C)C2c2cccc(F)c2)ncc1[N+](=O)[O-]. The van der Waals surface area contributed by atoms with Crippen LogP contribution in [0, 0.1) is 28.8 Å². The van der Waals surface area contributed by atoms with Gasteiger partial charge in [-0.05, 0) is 43.0 Å². The highest BCUT2D eigenvalue weighted by atomic mass is 19.1. The molecule has 1 fully saturated rings. The van der Waals surface area contributed by atoms with Gasteiger partial charge in [0.05, 0.1) is 11.0 Å². The minimum Gasteiger partial charge on any atom is -0.349 e. The van der Waals surface area contributed by atoms with Crippen LogP contribution in [0.5, 0.6) is 0 Å². The molecule has 0 spiro atoms. The lowest BCUT2D eigenvalue weighted by atomic mass is 9.95. The number of nitro groups is 1. The smallest absolute Gasteiger partial charge is 0.290 e. The molecule has 23 heavy (non-hydrogen) atoms. The molecule has 120 valence electrons. The van der Waals surface area contributed by atoms with Gasteiger partial charge in [0.25, 0.3) is 5.69 Å². The molecule has 6 heteroatoms. The maximum absolute atomic E-state index is 13.6. The lowest BCUT2D eigenvalue weighted by molar-refractivity contribution is -0.385. The molecule has 2 aromatic rings. The molecule has 0 amide bonds. The number of nitrogens with zero attached hydrogens (tertiary/aromatic N) is 3. The number of hydrogen-bond acceptors (Lipinski definition) is 4. The Hall–Kier alpha value is -2.50. The molecule has 1 saturated heterocycles. The zero-order valence-electron chi connectivity index (χ0n) is 13.1. The van der Waals surface area contributed by atoms with Crippen molar-refractivity contribution in [2.75, 3.05) is 11.4 Å². The fourth-order valence-corrected chi connectivity index (χ4v) is 3.29. The molecule has 2 unspecified atom stereocenters. The molecule has 2 heterocycles. The summed E-state index contributed by atoms with van der Waals surface area (Å²) in [6.07, 6.45) is 2.27. The normalized spacial score (nSPS) is 20.7. The Morgan fingerprint density at radius 3 is 2.83 bits per heavy atom. The maximum atomic E-state index is 13.6. The zero-order valence-corrected chi connectivity index (χ0v) is 13.1. The zero-order chi connectivity index (χ0) is 16.6. The maximum Gasteiger partial charge on any atom is 0.290 e. The molecule has 0 radical (unpaired) electrons. The van der Waals surface area contributed by atoms with E-state index < -0.39 is 4.92 Å². The van der Waals surface area contributed by atoms with Gasteiger partial charge in [-0.1, -0.05) is 19.1 Å². The van der Waals surface area contributed by atoms with Crippen LogP contribution in [0.15, 0.2) is 36.5 Å². The van der Waals surface area contributed by atoms with Crippen molar-refractivity contribution in [3.63, 3.8) is 0 Å². The molecule has 0 N–H and O–H groups in total. The monoisotopic (exact) mass is 315 g/mol. The van der Waals surface area contributed by atoms with Gasteiger partial charge in [0.2, 0.25) is 0 Å². The number of hydrogen-bond donors (Lipinski definition) is 0. The Bertz CT molecular complexity index is 750. The topological polar surface area (TPSA) is 59.3 Å². The van der Waals surface area contributed by atoms with E-state index in [2.05, 4.69) is 16.8 Å². The van der Waals surface area contributed by atoms with Crippen molar-refractivity contribution in [2.24, 2.45) is 5.92 Å². The van der Waals surface area contributed by atoms with Gasteiger partial charge in [0.15, 0.2) is 0 Å². The number of rotatable bonds is 3. The fraction of sp³-hybridized carbons (Fsp3) is 0.353. The molecular weight excluding hydrogens is 297 g/mol. The second-order valence-corrected chi connectivity index (χ2v) is 6.05. The third-order valence-corrected chi connectivity index (χ3v) is 4.45. The van der Waals surface area contributed by atoms with Gasteiger partial charge < -0.3 is 4.90 Å². The number of aryl methyl sites for hydroxylation is 1. The van der Waals surface area contributed by atoms with Crippen molar-refractivity contribution in [2.45, 2.75) is 26.3 Å². The van der Waals surface area contributed by atoms with E-state index in [0.29, 0.717) is 17.3 Å². The van der Waals surface area contributed by atoms with E-state index >= 15 is 0 Å². The third-order valence-electron chi connectivity index (χ3n) is 4.45. The number of pyridine rings is 1. The van der Waals surface area contributed by atoms with Crippen LogP contribution in [0.3, 0.4) is 0 Å². The van der Waals surface area contributed by atoms with E-state index in [0.717, 1.165) is 18.5 Å². The average molecular weight is 315 g/mol. The van der Waals surface area contributed by atoms with Gasteiger partial charge in [-0.15, -0.1) is 0 Å². The third kappa shape index (κ3) is 2.88. The highest BCUT2D eigenvalue weighted by molar-refractivity contribution is 5.51. The quantitative estimate of drug-likeness (QED) is 0.634. The molecule has 1 aliphatic heterocycles. The molecular formula is C17H18FN3O2. The van der Waals surface area contributed by atoms with Crippen LogP contribution in [0.1, 0.15) is 30.5 Å². The second-order valence-electron chi connectivity index (χ2n) is 6.05. The van der Waals surface area contributed by atoms with E-state index in [9.17, 15) is 14.5 Å². The van der Waals surface area contributed by atoms with Crippen molar-refractivity contribution in [3.8, 4) is 0 Å². The molecule has 0 saturated carbocycles. The summed E-state index contributed by atoms with van der Waals surface area (Å²) < 4.78 is 13.6. The summed E-state index contributed by atoms with van der Waals surface area (Å²) >= 11 is 0. The number of benzene rings is 1. The molecule has 1 aliphatic rings. The van der Waals surface area contributed by atoms with E-state index in [-0.39, 0.29) is 17.5 Å². The minimum absolute atomic E-state index is 0.0169. The molecule has 1 aromatic heterocycles. The summed E-state index contributed by atoms with van der Waals surface area (Å²) in [4.78, 5) is 16.9. The van der Waals surface area contributed by atoms with Crippen molar-refractivity contribution in [3.05, 3.63) is 63.6 Å². The lowest BCUT2D eigenvalue weighted by Crippen LogP contribution is -2.25. The van der Waals surface area contributed by atoms with Crippen LogP contribution >= 0.6 is 0 Å². The van der Waals surface area contributed by atoms with Gasteiger partial charge in [0.1, 0.15) is 17.8 Å². The average Bonchev–Trinajstić information content (AvgIpc) is 2.88. The summed E-state index contributed by atoms with van der Waals surface area (Å²) in [6, 6.07) is 8.38. The first-order valence-electron chi connectivity index (χ1n) is 7.60. The molecule has 3 rings (SSSR count). The molecule has 2 atom stereocenters. The van der Waals surface area contributed by atoms with Crippen LogP contribution in [-0.2, 0) is 0 Å². The van der Waals surface area contributed by atoms with Crippen molar-refractivity contribution >= 4 is 11.5 Å². The Balaban J connectivity index is 1.98. The highest BCUT2D eigenvalue weighted by Gasteiger charge is 2.34. The highest BCUT2D eigenvalue weighted by Crippen LogP contribution is 2.40.